The zero-order chi connectivity index (χ0) is 31.1. The molecule has 0 spiro atoms. The van der Waals surface area contributed by atoms with Gasteiger partial charge in [-0.15, -0.1) is 18.3 Å². The van der Waals surface area contributed by atoms with Gasteiger partial charge in [-0.3, -0.25) is 14.5 Å². The standard InChI is InChI=1S/C32H30F3N5O3S/c1-2-23-11-6-7-13-27(23)40-29(42)20-44-31(40)37-28(41)14-5-3-4-9-22-10-8-12-24(19-22)30-36-21-39(38-30)25-15-17-26(18-16-25)43-32(33,34)35/h6-8,10-13,15-19,21H,2-5,9,14,20H2,1H3. The highest BCUT2D eigenvalue weighted by Gasteiger charge is 2.32. The van der Waals surface area contributed by atoms with Gasteiger partial charge in [0, 0.05) is 12.0 Å². The predicted octanol–water partition coefficient (Wildman–Crippen LogP) is 7.16. The molecule has 0 saturated carbocycles. The minimum atomic E-state index is -4.75. The number of hydrogen-bond acceptors (Lipinski definition) is 6. The first-order valence-electron chi connectivity index (χ1n) is 14.2. The first-order chi connectivity index (χ1) is 21.2. The lowest BCUT2D eigenvalue weighted by atomic mass is 10.0. The van der Waals surface area contributed by atoms with Crippen LogP contribution < -0.4 is 9.64 Å². The molecule has 0 N–H and O–H groups in total. The second-order valence-corrected chi connectivity index (χ2v) is 11.0. The molecule has 1 saturated heterocycles. The van der Waals surface area contributed by atoms with Crippen LogP contribution in [-0.4, -0.2) is 43.9 Å². The number of nitrogens with zero attached hydrogens (tertiary/aromatic N) is 5. The first kappa shape index (κ1) is 31.0. The number of rotatable bonds is 11. The average Bonchev–Trinajstić information content (AvgIpc) is 3.64. The molecule has 0 aliphatic carbocycles. The van der Waals surface area contributed by atoms with Gasteiger partial charge in [0.15, 0.2) is 11.0 Å². The van der Waals surface area contributed by atoms with Crippen LogP contribution in [0.25, 0.3) is 17.1 Å². The molecule has 12 heteroatoms. The van der Waals surface area contributed by atoms with E-state index in [4.69, 9.17) is 0 Å². The second kappa shape index (κ2) is 13.9. The van der Waals surface area contributed by atoms with Crippen molar-refractivity contribution in [3.8, 4) is 22.8 Å². The topological polar surface area (TPSA) is 89.7 Å². The number of aliphatic imine (C=N–C) groups is 1. The van der Waals surface area contributed by atoms with Crippen molar-refractivity contribution < 1.29 is 27.5 Å². The van der Waals surface area contributed by atoms with Crippen molar-refractivity contribution in [2.75, 3.05) is 10.7 Å². The van der Waals surface area contributed by atoms with Gasteiger partial charge in [0.05, 0.1) is 17.1 Å². The molecule has 1 aromatic heterocycles. The fourth-order valence-electron chi connectivity index (χ4n) is 4.84. The molecule has 0 atom stereocenters. The highest BCUT2D eigenvalue weighted by atomic mass is 32.2. The van der Waals surface area contributed by atoms with Crippen molar-refractivity contribution in [3.05, 3.63) is 90.3 Å². The van der Waals surface area contributed by atoms with Crippen LogP contribution >= 0.6 is 11.8 Å². The summed E-state index contributed by atoms with van der Waals surface area (Å²) in [7, 11) is 0. The van der Waals surface area contributed by atoms with Crippen molar-refractivity contribution in [2.24, 2.45) is 4.99 Å². The maximum atomic E-state index is 12.6. The molecule has 0 radical (unpaired) electrons. The third kappa shape index (κ3) is 7.93. The summed E-state index contributed by atoms with van der Waals surface area (Å²) in [5, 5.41) is 4.92. The molecule has 0 bridgehead atoms. The highest BCUT2D eigenvalue weighted by molar-refractivity contribution is 8.15. The van der Waals surface area contributed by atoms with E-state index in [0.717, 1.165) is 48.1 Å². The molecule has 2 heterocycles. The smallest absolute Gasteiger partial charge is 0.406 e. The van der Waals surface area contributed by atoms with Crippen LogP contribution in [-0.2, 0) is 22.4 Å². The number of benzene rings is 3. The summed E-state index contributed by atoms with van der Waals surface area (Å²) in [5.74, 6) is 0.155. The van der Waals surface area contributed by atoms with E-state index in [2.05, 4.69) is 19.8 Å². The normalized spacial score (nSPS) is 14.4. The quantitative estimate of drug-likeness (QED) is 0.165. The summed E-state index contributed by atoms with van der Waals surface area (Å²) in [6.07, 6.45) is 1.07. The van der Waals surface area contributed by atoms with Gasteiger partial charge in [0.2, 0.25) is 11.8 Å². The molecule has 1 fully saturated rings. The molecule has 2 amide bonds. The van der Waals surface area contributed by atoms with E-state index in [1.807, 2.05) is 55.5 Å². The number of carbonyl (C=O) groups excluding carboxylic acids is 2. The molecule has 44 heavy (non-hydrogen) atoms. The lowest BCUT2D eigenvalue weighted by Crippen LogP contribution is -2.30. The van der Waals surface area contributed by atoms with Crippen LogP contribution in [0.1, 0.15) is 43.7 Å². The zero-order valence-corrected chi connectivity index (χ0v) is 24.8. The molecule has 8 nitrogen and oxygen atoms in total. The van der Waals surface area contributed by atoms with Gasteiger partial charge < -0.3 is 4.74 Å². The number of amidine groups is 1. The van der Waals surface area contributed by atoms with E-state index in [1.165, 1.54) is 47.0 Å². The Labute approximate surface area is 257 Å². The van der Waals surface area contributed by atoms with E-state index >= 15 is 0 Å². The molecule has 1 aliphatic rings. The Balaban J connectivity index is 1.11. The Bertz CT molecular complexity index is 1650. The summed E-state index contributed by atoms with van der Waals surface area (Å²) in [6.45, 7) is 2.03. The summed E-state index contributed by atoms with van der Waals surface area (Å²) >= 11 is 1.30. The third-order valence-corrected chi connectivity index (χ3v) is 7.89. The number of anilines is 1. The lowest BCUT2D eigenvalue weighted by molar-refractivity contribution is -0.274. The number of alkyl halides is 3. The van der Waals surface area contributed by atoms with Gasteiger partial charge in [0.25, 0.3) is 0 Å². The number of para-hydroxylation sites is 1. The number of amides is 2. The molecule has 228 valence electrons. The van der Waals surface area contributed by atoms with Gasteiger partial charge in [-0.25, -0.2) is 9.67 Å². The summed E-state index contributed by atoms with van der Waals surface area (Å²) in [5.41, 5.74) is 4.29. The van der Waals surface area contributed by atoms with Gasteiger partial charge in [-0.05, 0) is 73.2 Å². The van der Waals surface area contributed by atoms with Crippen molar-refractivity contribution in [1.82, 2.24) is 14.8 Å². The van der Waals surface area contributed by atoms with Gasteiger partial charge >= 0.3 is 6.36 Å². The van der Waals surface area contributed by atoms with Gasteiger partial charge in [-0.1, -0.05) is 61.5 Å². The van der Waals surface area contributed by atoms with Crippen molar-refractivity contribution in [2.45, 2.75) is 51.8 Å². The van der Waals surface area contributed by atoms with Crippen molar-refractivity contribution in [1.29, 1.82) is 0 Å². The van der Waals surface area contributed by atoms with Crippen LogP contribution in [0, 0.1) is 0 Å². The lowest BCUT2D eigenvalue weighted by Gasteiger charge is -2.19. The maximum absolute atomic E-state index is 12.6. The fourth-order valence-corrected chi connectivity index (χ4v) is 5.72. The van der Waals surface area contributed by atoms with Crippen LogP contribution in [0.5, 0.6) is 5.75 Å². The minimum Gasteiger partial charge on any atom is -0.406 e. The van der Waals surface area contributed by atoms with Crippen LogP contribution in [0.15, 0.2) is 84.1 Å². The number of halogens is 3. The fraction of sp³-hybridized carbons (Fsp3) is 0.281. The number of unbranched alkanes of at least 4 members (excludes halogenated alkanes) is 2. The van der Waals surface area contributed by atoms with E-state index in [9.17, 15) is 22.8 Å². The second-order valence-electron chi connectivity index (χ2n) is 10.1. The Morgan fingerprint density at radius 2 is 1.82 bits per heavy atom. The zero-order valence-electron chi connectivity index (χ0n) is 24.0. The highest BCUT2D eigenvalue weighted by Crippen LogP contribution is 2.30. The molecule has 5 rings (SSSR count). The number of aromatic nitrogens is 3. The Morgan fingerprint density at radius 1 is 1.02 bits per heavy atom. The molecule has 1 aliphatic heterocycles. The Hall–Kier alpha value is -4.45. The van der Waals surface area contributed by atoms with Crippen LogP contribution in [0.2, 0.25) is 0 Å². The number of thioether (sulfide) groups is 1. The molecule has 4 aromatic rings. The molecule has 0 unspecified atom stereocenters. The summed E-state index contributed by atoms with van der Waals surface area (Å²) in [6, 6.07) is 20.9. The van der Waals surface area contributed by atoms with E-state index < -0.39 is 6.36 Å². The Morgan fingerprint density at radius 3 is 2.59 bits per heavy atom. The average molecular weight is 622 g/mol. The van der Waals surface area contributed by atoms with Crippen LogP contribution in [0.3, 0.4) is 0 Å². The summed E-state index contributed by atoms with van der Waals surface area (Å²) in [4.78, 5) is 35.4. The van der Waals surface area contributed by atoms with E-state index in [1.54, 1.807) is 4.90 Å². The van der Waals surface area contributed by atoms with Gasteiger partial charge in [-0.2, -0.15) is 4.99 Å². The van der Waals surface area contributed by atoms with E-state index in [-0.39, 0.29) is 23.3 Å². The number of aryl methyl sites for hydroxylation is 2. The number of carbonyl (C=O) groups is 2. The molecular weight excluding hydrogens is 591 g/mol. The van der Waals surface area contributed by atoms with Crippen molar-refractivity contribution >= 4 is 34.4 Å². The number of hydrogen-bond donors (Lipinski definition) is 0. The van der Waals surface area contributed by atoms with Crippen molar-refractivity contribution in [3.63, 3.8) is 0 Å². The Kier molecular flexibility index (Phi) is 9.78. The monoisotopic (exact) mass is 621 g/mol. The summed E-state index contributed by atoms with van der Waals surface area (Å²) < 4.78 is 42.7. The van der Waals surface area contributed by atoms with Gasteiger partial charge in [0.1, 0.15) is 12.1 Å². The molecule has 3 aromatic carbocycles. The largest absolute Gasteiger partial charge is 0.573 e. The minimum absolute atomic E-state index is 0.0692. The first-order valence-corrected chi connectivity index (χ1v) is 15.2. The maximum Gasteiger partial charge on any atom is 0.573 e. The molecular formula is C32H30F3N5O3S. The third-order valence-electron chi connectivity index (χ3n) is 6.97. The SMILES string of the molecule is CCc1ccccc1N1C(=O)CSC1=NC(=O)CCCCCc1cccc(-c2ncn(-c3ccc(OC(F)(F)F)cc3)n2)c1. The predicted molar refractivity (Wildman–Crippen MR) is 164 cm³/mol. The number of ether oxygens (including phenoxy) is 1. The van der Waals surface area contributed by atoms with Crippen LogP contribution in [0.4, 0.5) is 18.9 Å². The van der Waals surface area contributed by atoms with E-state index in [0.29, 0.717) is 29.5 Å².